The average Bonchev–Trinajstić information content (AvgIpc) is 3.00. The van der Waals surface area contributed by atoms with Crippen molar-refractivity contribution >= 4 is 9.84 Å². The van der Waals surface area contributed by atoms with Gasteiger partial charge in [0.1, 0.15) is 10.8 Å². The van der Waals surface area contributed by atoms with E-state index in [2.05, 4.69) is 0 Å². The van der Waals surface area contributed by atoms with Crippen molar-refractivity contribution in [1.29, 1.82) is 5.26 Å². The van der Waals surface area contributed by atoms with Crippen LogP contribution in [0.25, 0.3) is 0 Å². The van der Waals surface area contributed by atoms with E-state index >= 15 is 0 Å². The van der Waals surface area contributed by atoms with Gasteiger partial charge in [0.15, 0.2) is 21.3 Å². The smallest absolute Gasteiger partial charge is 0.231 e. The zero-order chi connectivity index (χ0) is 16.9. The summed E-state index contributed by atoms with van der Waals surface area (Å²) in [7, 11) is -3.72. The van der Waals surface area contributed by atoms with Gasteiger partial charge in [-0.25, -0.2) is 8.42 Å². The first-order valence-electron chi connectivity index (χ1n) is 7.37. The van der Waals surface area contributed by atoms with Crippen LogP contribution in [0.5, 0.6) is 11.5 Å². The van der Waals surface area contributed by atoms with Gasteiger partial charge in [0, 0.05) is 5.92 Å². The maximum atomic E-state index is 12.9. The summed E-state index contributed by atoms with van der Waals surface area (Å²) >= 11 is 0. The molecule has 2 aliphatic rings. The molecule has 1 aliphatic heterocycles. The lowest BCUT2D eigenvalue weighted by Crippen LogP contribution is -2.29. The molecule has 0 unspecified atom stereocenters. The highest BCUT2D eigenvalue weighted by molar-refractivity contribution is 7.92. The summed E-state index contributed by atoms with van der Waals surface area (Å²) < 4.78 is 36.4. The summed E-state index contributed by atoms with van der Waals surface area (Å²) in [6.45, 7) is 0.126. The third-order valence-electron chi connectivity index (χ3n) is 4.53. The Balaban J connectivity index is 1.76. The zero-order valence-corrected chi connectivity index (χ0v) is 13.4. The van der Waals surface area contributed by atoms with Crippen LogP contribution in [0.2, 0.25) is 0 Å². The van der Waals surface area contributed by atoms with Gasteiger partial charge in [0.2, 0.25) is 6.79 Å². The largest absolute Gasteiger partial charge is 0.454 e. The van der Waals surface area contributed by atoms with Gasteiger partial charge in [-0.2, -0.15) is 5.26 Å². The van der Waals surface area contributed by atoms with Gasteiger partial charge in [-0.15, -0.1) is 0 Å². The number of sulfone groups is 1. The molecule has 6 nitrogen and oxygen atoms in total. The molecule has 0 radical (unpaired) electrons. The highest BCUT2D eigenvalue weighted by Gasteiger charge is 2.70. The fourth-order valence-electron chi connectivity index (χ4n) is 3.26. The Bertz CT molecular complexity index is 952. The lowest BCUT2D eigenvalue weighted by atomic mass is 10.1. The number of rotatable bonds is 3. The van der Waals surface area contributed by atoms with Gasteiger partial charge in [-0.1, -0.05) is 24.3 Å². The maximum absolute atomic E-state index is 12.9. The van der Waals surface area contributed by atoms with Crippen LogP contribution in [0.4, 0.5) is 0 Å². The molecule has 2 N–H and O–H groups in total. The minimum atomic E-state index is -3.72. The molecule has 7 heteroatoms. The molecule has 122 valence electrons. The van der Waals surface area contributed by atoms with Crippen molar-refractivity contribution in [3.8, 4) is 17.6 Å². The highest BCUT2D eigenvalue weighted by Crippen LogP contribution is 2.56. The molecule has 1 saturated carbocycles. The second-order valence-electron chi connectivity index (χ2n) is 5.91. The van der Waals surface area contributed by atoms with Gasteiger partial charge in [-0.3, -0.25) is 0 Å². The summed E-state index contributed by atoms with van der Waals surface area (Å²) in [5.41, 5.74) is 5.33. The SMILES string of the molecule is N#C[C@@]1(N)[C@H](c2ccc3c(c2)OCO3)[C@@H]1S(=O)(=O)c1ccccc1. The standard InChI is InChI=1S/C17H14N2O4S/c18-9-17(19)15(11-6-7-13-14(8-11)23-10-22-13)16(17)24(20,21)12-4-2-1-3-5-12/h1-8,15-16H,10,19H2/t15-,16+,17-/m1/s1. The summed E-state index contributed by atoms with van der Waals surface area (Å²) in [4.78, 5) is 0.170. The van der Waals surface area contributed by atoms with Crippen molar-refractivity contribution in [3.63, 3.8) is 0 Å². The Hall–Kier alpha value is -2.56. The Labute approximate surface area is 139 Å². The van der Waals surface area contributed by atoms with E-state index in [1.54, 1.807) is 36.4 Å². The average molecular weight is 342 g/mol. The molecule has 4 rings (SSSR count). The van der Waals surface area contributed by atoms with Gasteiger partial charge >= 0.3 is 0 Å². The van der Waals surface area contributed by atoms with Crippen LogP contribution in [0.3, 0.4) is 0 Å². The van der Waals surface area contributed by atoms with E-state index in [1.807, 2.05) is 6.07 Å². The number of benzene rings is 2. The minimum Gasteiger partial charge on any atom is -0.454 e. The number of hydrogen-bond acceptors (Lipinski definition) is 6. The molecule has 0 spiro atoms. The van der Waals surface area contributed by atoms with Crippen LogP contribution in [0.15, 0.2) is 53.4 Å². The van der Waals surface area contributed by atoms with E-state index < -0.39 is 26.5 Å². The molecule has 0 bridgehead atoms. The van der Waals surface area contributed by atoms with Crippen LogP contribution in [-0.4, -0.2) is 26.0 Å². The first kappa shape index (κ1) is 15.0. The number of nitrogens with two attached hydrogens (primary N) is 1. The minimum absolute atomic E-state index is 0.126. The molecule has 1 fully saturated rings. The predicted octanol–water partition coefficient (Wildman–Crippen LogP) is 1.58. The molecule has 2 aromatic carbocycles. The van der Waals surface area contributed by atoms with Crippen LogP contribution in [-0.2, 0) is 9.84 Å². The molecule has 0 aromatic heterocycles. The third-order valence-corrected chi connectivity index (χ3v) is 6.79. The quantitative estimate of drug-likeness (QED) is 0.908. The molecule has 0 saturated heterocycles. The highest BCUT2D eigenvalue weighted by atomic mass is 32.2. The Kier molecular flexibility index (Phi) is 3.10. The third kappa shape index (κ3) is 2.00. The first-order chi connectivity index (χ1) is 11.5. The summed E-state index contributed by atoms with van der Waals surface area (Å²) in [5.74, 6) is 0.527. The fourth-order valence-corrected chi connectivity index (χ4v) is 5.46. The van der Waals surface area contributed by atoms with Crippen molar-refractivity contribution in [3.05, 3.63) is 54.1 Å². The van der Waals surface area contributed by atoms with Crippen molar-refractivity contribution in [2.75, 3.05) is 6.79 Å². The van der Waals surface area contributed by atoms with Crippen molar-refractivity contribution in [2.45, 2.75) is 21.6 Å². The van der Waals surface area contributed by atoms with Crippen LogP contribution in [0, 0.1) is 11.3 Å². The lowest BCUT2D eigenvalue weighted by Gasteiger charge is -2.04. The monoisotopic (exact) mass is 342 g/mol. The predicted molar refractivity (Wildman–Crippen MR) is 85.3 cm³/mol. The van der Waals surface area contributed by atoms with E-state index in [0.29, 0.717) is 17.1 Å². The number of nitrogens with zero attached hydrogens (tertiary/aromatic N) is 1. The maximum Gasteiger partial charge on any atom is 0.231 e. The molecule has 0 amide bonds. The van der Waals surface area contributed by atoms with Crippen LogP contribution < -0.4 is 15.2 Å². The van der Waals surface area contributed by atoms with Crippen molar-refractivity contribution in [1.82, 2.24) is 0 Å². The van der Waals surface area contributed by atoms with Crippen molar-refractivity contribution in [2.24, 2.45) is 5.73 Å². The first-order valence-corrected chi connectivity index (χ1v) is 8.92. The lowest BCUT2D eigenvalue weighted by molar-refractivity contribution is 0.174. The Morgan fingerprint density at radius 2 is 1.83 bits per heavy atom. The van der Waals surface area contributed by atoms with Crippen LogP contribution >= 0.6 is 0 Å². The number of hydrogen-bond donors (Lipinski definition) is 1. The summed E-state index contributed by atoms with van der Waals surface area (Å²) in [5, 5.41) is 8.49. The number of fused-ring (bicyclic) bond motifs is 1. The Morgan fingerprint density at radius 3 is 2.54 bits per heavy atom. The van der Waals surface area contributed by atoms with Crippen molar-refractivity contribution < 1.29 is 17.9 Å². The van der Waals surface area contributed by atoms with Gasteiger partial charge in [0.05, 0.1) is 11.0 Å². The van der Waals surface area contributed by atoms with Gasteiger partial charge in [0.25, 0.3) is 0 Å². The fraction of sp³-hybridized carbons (Fsp3) is 0.235. The van der Waals surface area contributed by atoms with E-state index in [9.17, 15) is 13.7 Å². The zero-order valence-electron chi connectivity index (χ0n) is 12.5. The molecule has 3 atom stereocenters. The topological polar surface area (TPSA) is 102 Å². The van der Waals surface area contributed by atoms with E-state index in [4.69, 9.17) is 15.2 Å². The van der Waals surface area contributed by atoms with Gasteiger partial charge < -0.3 is 15.2 Å². The molecule has 1 aliphatic carbocycles. The van der Waals surface area contributed by atoms with E-state index in [-0.39, 0.29) is 11.7 Å². The number of nitriles is 1. The normalized spacial score (nSPS) is 27.5. The molecule has 1 heterocycles. The van der Waals surface area contributed by atoms with Gasteiger partial charge in [-0.05, 0) is 29.8 Å². The molecular weight excluding hydrogens is 328 g/mol. The van der Waals surface area contributed by atoms with E-state index in [1.165, 1.54) is 12.1 Å². The molecule has 24 heavy (non-hydrogen) atoms. The van der Waals surface area contributed by atoms with Crippen LogP contribution in [0.1, 0.15) is 11.5 Å². The Morgan fingerprint density at radius 1 is 1.12 bits per heavy atom. The number of ether oxygens (including phenoxy) is 2. The second kappa shape index (κ2) is 4.97. The molecule has 2 aromatic rings. The summed E-state index contributed by atoms with van der Waals surface area (Å²) in [6, 6.07) is 15.2. The van der Waals surface area contributed by atoms with E-state index in [0.717, 1.165) is 0 Å². The second-order valence-corrected chi connectivity index (χ2v) is 7.98. The summed E-state index contributed by atoms with van der Waals surface area (Å²) in [6.07, 6.45) is 0. The molecular formula is C17H14N2O4S.